The molecule has 1 aliphatic heterocycles. The highest BCUT2D eigenvalue weighted by atomic mass is 19.4. The normalized spacial score (nSPS) is 13.0. The molecule has 0 radical (unpaired) electrons. The standard InChI is InChI=1S/C27H29N5O3.2C2HF3O2/c1-18(33)30-23-10-9-19(15-26(23)35-14-13-32-11-5-2-6-12-32)21-16-24(31-27(29)22(21)17-28)20-7-3-4-8-25(20)34;2*3-2(4,5)1(6)7/h3-4,7-10,15-16,34H,2,5-6,11-14H2,1H3,(H2,29,31)(H,30,33);2*(H,6,7). The predicted molar refractivity (Wildman–Crippen MR) is 163 cm³/mol. The van der Waals surface area contributed by atoms with Gasteiger partial charge in [0.2, 0.25) is 5.91 Å². The third-order valence-electron chi connectivity index (χ3n) is 6.54. The van der Waals surface area contributed by atoms with Crippen LogP contribution in [0.25, 0.3) is 22.4 Å². The van der Waals surface area contributed by atoms with Gasteiger partial charge in [0.25, 0.3) is 0 Å². The van der Waals surface area contributed by atoms with Crippen LogP contribution in [0.4, 0.5) is 37.8 Å². The summed E-state index contributed by atoms with van der Waals surface area (Å²) in [5.41, 5.74) is 9.15. The number of nitriles is 1. The number of alkyl halides is 6. The zero-order valence-electron chi connectivity index (χ0n) is 25.7. The monoisotopic (exact) mass is 699 g/mol. The number of amides is 1. The number of carbonyl (C=O) groups excluding carboxylic acids is 1. The predicted octanol–water partition coefficient (Wildman–Crippen LogP) is 5.66. The second kappa shape index (κ2) is 17.5. The van der Waals surface area contributed by atoms with E-state index in [1.807, 2.05) is 0 Å². The second-order valence-corrected chi connectivity index (χ2v) is 10.2. The number of nitrogens with two attached hydrogens (primary N) is 1. The van der Waals surface area contributed by atoms with Crippen LogP contribution >= 0.6 is 0 Å². The molecule has 2 heterocycles. The van der Waals surface area contributed by atoms with E-state index in [0.29, 0.717) is 40.4 Å². The summed E-state index contributed by atoms with van der Waals surface area (Å²) in [4.78, 5) is 36.3. The molecule has 0 atom stereocenters. The maximum atomic E-state index is 11.8. The number of nitrogens with one attached hydrogen (secondary N) is 1. The Balaban J connectivity index is 0.000000500. The average Bonchev–Trinajstić information content (AvgIpc) is 3.01. The summed E-state index contributed by atoms with van der Waals surface area (Å²) in [5, 5.41) is 37.2. The number of carboxylic acids is 2. The summed E-state index contributed by atoms with van der Waals surface area (Å²) in [7, 11) is 0. The van der Waals surface area contributed by atoms with Gasteiger partial charge in [-0.1, -0.05) is 24.6 Å². The number of carboxylic acid groups (broad SMARTS) is 2. The molecular weight excluding hydrogens is 668 g/mol. The number of likely N-dealkylation sites (tertiary alicyclic amines) is 1. The number of carbonyl (C=O) groups is 3. The molecule has 12 nitrogen and oxygen atoms in total. The van der Waals surface area contributed by atoms with Crippen molar-refractivity contribution in [3.63, 3.8) is 0 Å². The summed E-state index contributed by atoms with van der Waals surface area (Å²) in [6, 6.07) is 16.0. The van der Waals surface area contributed by atoms with Gasteiger partial charge in [-0.3, -0.25) is 9.69 Å². The van der Waals surface area contributed by atoms with E-state index in [9.17, 15) is 41.5 Å². The number of halogens is 6. The highest BCUT2D eigenvalue weighted by Gasteiger charge is 2.38. The van der Waals surface area contributed by atoms with Crippen LogP contribution in [0.1, 0.15) is 31.7 Å². The first-order chi connectivity index (χ1) is 22.8. The van der Waals surface area contributed by atoms with Crippen molar-refractivity contribution >= 4 is 29.4 Å². The van der Waals surface area contributed by atoms with E-state index < -0.39 is 24.3 Å². The van der Waals surface area contributed by atoms with Crippen molar-refractivity contribution in [2.24, 2.45) is 0 Å². The maximum Gasteiger partial charge on any atom is 0.490 e. The number of aromatic hydroxyl groups is 1. The Labute approximate surface area is 275 Å². The summed E-state index contributed by atoms with van der Waals surface area (Å²) in [6.45, 7) is 4.86. The number of piperidine rings is 1. The molecule has 4 rings (SSSR count). The third-order valence-corrected chi connectivity index (χ3v) is 6.54. The highest BCUT2D eigenvalue weighted by Crippen LogP contribution is 2.37. The summed E-state index contributed by atoms with van der Waals surface area (Å²) in [6.07, 6.45) is -6.50. The van der Waals surface area contributed by atoms with Gasteiger partial charge in [0, 0.05) is 24.6 Å². The van der Waals surface area contributed by atoms with Gasteiger partial charge >= 0.3 is 24.3 Å². The molecule has 0 saturated carbocycles. The van der Waals surface area contributed by atoms with Gasteiger partial charge in [-0.05, 0) is 61.8 Å². The molecule has 264 valence electrons. The van der Waals surface area contributed by atoms with Crippen molar-refractivity contribution in [1.29, 1.82) is 5.26 Å². The van der Waals surface area contributed by atoms with Crippen molar-refractivity contribution in [2.75, 3.05) is 37.3 Å². The molecule has 6 N–H and O–H groups in total. The van der Waals surface area contributed by atoms with Gasteiger partial charge in [0.15, 0.2) is 0 Å². The third kappa shape index (κ3) is 12.5. The van der Waals surface area contributed by atoms with Crippen LogP contribution in [0.5, 0.6) is 11.5 Å². The maximum absolute atomic E-state index is 11.8. The number of benzene rings is 2. The minimum absolute atomic E-state index is 0.0674. The molecule has 0 spiro atoms. The number of pyridine rings is 1. The Kier molecular flexibility index (Phi) is 14.2. The number of para-hydroxylation sites is 1. The van der Waals surface area contributed by atoms with Gasteiger partial charge in [0.1, 0.15) is 35.6 Å². The Hall–Kier alpha value is -5.57. The number of hydrogen-bond acceptors (Lipinski definition) is 9. The highest BCUT2D eigenvalue weighted by molar-refractivity contribution is 5.91. The number of phenolic OH excluding ortho intramolecular Hbond substituents is 1. The largest absolute Gasteiger partial charge is 0.507 e. The fourth-order valence-corrected chi connectivity index (χ4v) is 4.31. The quantitative estimate of drug-likeness (QED) is 0.191. The molecular formula is C31H31F6N5O7. The molecule has 0 unspecified atom stereocenters. The number of nitrogens with zero attached hydrogens (tertiary/aromatic N) is 3. The molecule has 18 heteroatoms. The van der Waals surface area contributed by atoms with Crippen molar-refractivity contribution in [1.82, 2.24) is 9.88 Å². The zero-order chi connectivity index (χ0) is 36.9. The van der Waals surface area contributed by atoms with E-state index in [1.54, 1.807) is 48.5 Å². The Bertz CT molecular complexity index is 1650. The molecule has 0 bridgehead atoms. The van der Waals surface area contributed by atoms with Gasteiger partial charge in [-0.15, -0.1) is 0 Å². The smallest absolute Gasteiger partial charge is 0.490 e. The average molecular weight is 700 g/mol. The Morgan fingerprint density at radius 3 is 2.04 bits per heavy atom. The molecule has 3 aromatic rings. The zero-order valence-corrected chi connectivity index (χ0v) is 25.7. The number of ether oxygens (including phenoxy) is 1. The first-order valence-electron chi connectivity index (χ1n) is 14.2. The second-order valence-electron chi connectivity index (χ2n) is 10.2. The van der Waals surface area contributed by atoms with E-state index in [2.05, 4.69) is 21.3 Å². The fourth-order valence-electron chi connectivity index (χ4n) is 4.31. The number of rotatable bonds is 7. The van der Waals surface area contributed by atoms with Crippen LogP contribution < -0.4 is 15.8 Å². The van der Waals surface area contributed by atoms with E-state index in [4.69, 9.17) is 30.3 Å². The Morgan fingerprint density at radius 2 is 1.53 bits per heavy atom. The van der Waals surface area contributed by atoms with Gasteiger partial charge in [-0.2, -0.15) is 31.6 Å². The van der Waals surface area contributed by atoms with Crippen LogP contribution in [0, 0.1) is 11.3 Å². The SMILES string of the molecule is CC(=O)Nc1ccc(-c2cc(-c3ccccc3O)nc(N)c2C#N)cc1OCCN1CCCCC1.O=C(O)C(F)(F)F.O=C(O)C(F)(F)F. The number of nitrogen functional groups attached to an aromatic ring is 1. The summed E-state index contributed by atoms with van der Waals surface area (Å²) >= 11 is 0. The van der Waals surface area contributed by atoms with Gasteiger partial charge < -0.3 is 31.1 Å². The summed E-state index contributed by atoms with van der Waals surface area (Å²) < 4.78 is 69.6. The van der Waals surface area contributed by atoms with Crippen LogP contribution in [0.15, 0.2) is 48.5 Å². The molecule has 1 saturated heterocycles. The lowest BCUT2D eigenvalue weighted by molar-refractivity contribution is -0.193. The fraction of sp³-hybridized carbons (Fsp3) is 0.323. The van der Waals surface area contributed by atoms with Crippen LogP contribution in [0.3, 0.4) is 0 Å². The van der Waals surface area contributed by atoms with E-state index >= 15 is 0 Å². The number of hydrogen-bond donors (Lipinski definition) is 5. The lowest BCUT2D eigenvalue weighted by Gasteiger charge is -2.26. The van der Waals surface area contributed by atoms with Gasteiger partial charge in [-0.25, -0.2) is 14.6 Å². The van der Waals surface area contributed by atoms with E-state index in [1.165, 1.54) is 26.2 Å². The Morgan fingerprint density at radius 1 is 0.959 bits per heavy atom. The molecule has 49 heavy (non-hydrogen) atoms. The molecule has 1 fully saturated rings. The number of aliphatic carboxylic acids is 2. The topological polar surface area (TPSA) is 199 Å². The van der Waals surface area contributed by atoms with Gasteiger partial charge in [0.05, 0.1) is 11.4 Å². The minimum atomic E-state index is -5.08. The van der Waals surface area contributed by atoms with E-state index in [0.717, 1.165) is 19.6 Å². The number of phenols is 1. The lowest BCUT2D eigenvalue weighted by Crippen LogP contribution is -2.33. The first kappa shape index (κ1) is 39.6. The van der Waals surface area contributed by atoms with Crippen LogP contribution in [-0.4, -0.2) is 81.6 Å². The molecule has 2 aromatic carbocycles. The van der Waals surface area contributed by atoms with Crippen molar-refractivity contribution in [2.45, 2.75) is 38.5 Å². The molecule has 1 amide bonds. The molecule has 0 aliphatic carbocycles. The van der Waals surface area contributed by atoms with E-state index in [-0.39, 0.29) is 23.0 Å². The number of aromatic nitrogens is 1. The minimum Gasteiger partial charge on any atom is -0.507 e. The first-order valence-corrected chi connectivity index (χ1v) is 14.2. The lowest BCUT2D eigenvalue weighted by atomic mass is 9.97. The number of anilines is 2. The van der Waals surface area contributed by atoms with Crippen molar-refractivity contribution in [3.8, 4) is 40.0 Å². The molecule has 1 aromatic heterocycles. The van der Waals surface area contributed by atoms with Crippen molar-refractivity contribution < 1.29 is 60.8 Å². The summed E-state index contributed by atoms with van der Waals surface area (Å²) in [5.74, 6) is -5.07. The van der Waals surface area contributed by atoms with Crippen LogP contribution in [0.2, 0.25) is 0 Å². The molecule has 1 aliphatic rings. The van der Waals surface area contributed by atoms with Crippen LogP contribution in [-0.2, 0) is 14.4 Å². The van der Waals surface area contributed by atoms with Crippen molar-refractivity contribution in [3.05, 3.63) is 54.1 Å².